The van der Waals surface area contributed by atoms with E-state index in [0.717, 1.165) is 20.5 Å². The zero-order chi connectivity index (χ0) is 20.4. The standard InChI is InChI=1S/C23H17BrN2O3/c24-17-12-10-16(11-13-17)21(15-6-2-1-3-7-15)25-20(27)14-26-22(28)18-8-4-5-9-19(18)23(26)29/h1-13,21H,14H2,(H,25,27). The highest BCUT2D eigenvalue weighted by molar-refractivity contribution is 9.10. The van der Waals surface area contributed by atoms with Crippen molar-refractivity contribution in [3.63, 3.8) is 0 Å². The number of fused-ring (bicyclic) bond motifs is 1. The van der Waals surface area contributed by atoms with Gasteiger partial charge in [-0.2, -0.15) is 0 Å². The number of hydrogen-bond acceptors (Lipinski definition) is 3. The van der Waals surface area contributed by atoms with E-state index in [1.54, 1.807) is 24.3 Å². The quantitative estimate of drug-likeness (QED) is 0.600. The second-order valence-corrected chi connectivity index (χ2v) is 7.62. The van der Waals surface area contributed by atoms with Crippen LogP contribution in [0.2, 0.25) is 0 Å². The highest BCUT2D eigenvalue weighted by Crippen LogP contribution is 2.25. The molecule has 0 spiro atoms. The summed E-state index contributed by atoms with van der Waals surface area (Å²) < 4.78 is 0.936. The van der Waals surface area contributed by atoms with Crippen molar-refractivity contribution in [2.45, 2.75) is 6.04 Å². The fourth-order valence-electron chi connectivity index (χ4n) is 3.39. The minimum atomic E-state index is -0.444. The van der Waals surface area contributed by atoms with Crippen LogP contribution in [0.1, 0.15) is 37.9 Å². The summed E-state index contributed by atoms with van der Waals surface area (Å²) in [5.74, 6) is -1.29. The summed E-state index contributed by atoms with van der Waals surface area (Å²) in [6.45, 7) is -0.327. The molecule has 1 aliphatic heterocycles. The normalized spacial score (nSPS) is 13.9. The molecule has 0 saturated carbocycles. The minimum absolute atomic E-state index is 0.327. The van der Waals surface area contributed by atoms with Crippen molar-refractivity contribution in [1.29, 1.82) is 0 Å². The zero-order valence-electron chi connectivity index (χ0n) is 15.3. The van der Waals surface area contributed by atoms with Crippen LogP contribution in [0.5, 0.6) is 0 Å². The molecule has 0 bridgehead atoms. The molecule has 3 amide bonds. The molecule has 6 heteroatoms. The third-order valence-corrected chi connectivity index (χ3v) is 5.35. The molecule has 5 nitrogen and oxygen atoms in total. The van der Waals surface area contributed by atoms with E-state index in [1.807, 2.05) is 54.6 Å². The Morgan fingerprint density at radius 2 is 1.31 bits per heavy atom. The van der Waals surface area contributed by atoms with Gasteiger partial charge in [0.1, 0.15) is 6.54 Å². The third-order valence-electron chi connectivity index (χ3n) is 4.82. The summed E-state index contributed by atoms with van der Waals surface area (Å²) in [4.78, 5) is 38.8. The minimum Gasteiger partial charge on any atom is -0.344 e. The molecular formula is C23H17BrN2O3. The van der Waals surface area contributed by atoms with Gasteiger partial charge in [-0.05, 0) is 35.4 Å². The van der Waals surface area contributed by atoms with Crippen molar-refractivity contribution in [2.75, 3.05) is 6.54 Å². The van der Waals surface area contributed by atoms with Crippen LogP contribution in [0.15, 0.2) is 83.3 Å². The number of nitrogens with one attached hydrogen (secondary N) is 1. The van der Waals surface area contributed by atoms with Crippen LogP contribution >= 0.6 is 15.9 Å². The van der Waals surface area contributed by atoms with Gasteiger partial charge in [0, 0.05) is 4.47 Å². The number of nitrogens with zero attached hydrogens (tertiary/aromatic N) is 1. The van der Waals surface area contributed by atoms with Gasteiger partial charge in [0.2, 0.25) is 5.91 Å². The number of imide groups is 1. The molecule has 1 aliphatic rings. The fourth-order valence-corrected chi connectivity index (χ4v) is 3.66. The summed E-state index contributed by atoms with van der Waals surface area (Å²) in [7, 11) is 0. The molecule has 0 radical (unpaired) electrons. The summed E-state index contributed by atoms with van der Waals surface area (Å²) in [5, 5.41) is 2.96. The summed E-state index contributed by atoms with van der Waals surface area (Å²) >= 11 is 3.42. The van der Waals surface area contributed by atoms with E-state index in [-0.39, 0.29) is 6.54 Å². The van der Waals surface area contributed by atoms with E-state index in [4.69, 9.17) is 0 Å². The number of halogens is 1. The number of carbonyl (C=O) groups excluding carboxylic acids is 3. The van der Waals surface area contributed by atoms with Crippen LogP contribution in [-0.4, -0.2) is 29.2 Å². The Morgan fingerprint density at radius 1 is 0.793 bits per heavy atom. The Hall–Kier alpha value is -3.25. The first-order valence-electron chi connectivity index (χ1n) is 9.09. The lowest BCUT2D eigenvalue weighted by molar-refractivity contribution is -0.121. The molecule has 1 heterocycles. The van der Waals surface area contributed by atoms with Gasteiger partial charge in [-0.1, -0.05) is 70.5 Å². The zero-order valence-corrected chi connectivity index (χ0v) is 16.9. The Morgan fingerprint density at radius 3 is 1.90 bits per heavy atom. The van der Waals surface area contributed by atoms with Crippen LogP contribution < -0.4 is 5.32 Å². The molecular weight excluding hydrogens is 432 g/mol. The van der Waals surface area contributed by atoms with Crippen LogP contribution in [-0.2, 0) is 4.79 Å². The van der Waals surface area contributed by atoms with Crippen molar-refractivity contribution in [3.05, 3.63) is 106 Å². The maximum atomic E-state index is 12.8. The van der Waals surface area contributed by atoms with Crippen molar-refractivity contribution in [1.82, 2.24) is 10.2 Å². The molecule has 3 aromatic carbocycles. The van der Waals surface area contributed by atoms with E-state index in [2.05, 4.69) is 21.2 Å². The first-order valence-corrected chi connectivity index (χ1v) is 9.89. The van der Waals surface area contributed by atoms with Crippen LogP contribution in [0, 0.1) is 0 Å². The Kier molecular flexibility index (Phi) is 5.27. The first kappa shape index (κ1) is 19.1. The van der Waals surface area contributed by atoms with Gasteiger partial charge >= 0.3 is 0 Å². The molecule has 29 heavy (non-hydrogen) atoms. The predicted octanol–water partition coefficient (Wildman–Crippen LogP) is 3.95. The lowest BCUT2D eigenvalue weighted by atomic mass is 9.99. The summed E-state index contributed by atoms with van der Waals surface area (Å²) in [5.41, 5.74) is 2.47. The van der Waals surface area contributed by atoms with Gasteiger partial charge in [-0.25, -0.2) is 0 Å². The average Bonchev–Trinajstić information content (AvgIpc) is 2.98. The maximum Gasteiger partial charge on any atom is 0.262 e. The molecule has 0 aromatic heterocycles. The molecule has 0 aliphatic carbocycles. The number of benzene rings is 3. The van der Waals surface area contributed by atoms with Crippen LogP contribution in [0.25, 0.3) is 0 Å². The van der Waals surface area contributed by atoms with E-state index >= 15 is 0 Å². The second kappa shape index (κ2) is 8.01. The molecule has 3 aromatic rings. The van der Waals surface area contributed by atoms with Crippen molar-refractivity contribution in [3.8, 4) is 0 Å². The smallest absolute Gasteiger partial charge is 0.262 e. The highest BCUT2D eigenvalue weighted by Gasteiger charge is 2.36. The summed E-state index contributed by atoms with van der Waals surface area (Å²) in [6.07, 6.45) is 0. The van der Waals surface area contributed by atoms with Crippen molar-refractivity contribution in [2.24, 2.45) is 0 Å². The van der Waals surface area contributed by atoms with Gasteiger partial charge < -0.3 is 5.32 Å². The number of hydrogen-bond donors (Lipinski definition) is 1. The van der Waals surface area contributed by atoms with Crippen LogP contribution in [0.3, 0.4) is 0 Å². The van der Waals surface area contributed by atoms with Gasteiger partial charge in [0.25, 0.3) is 11.8 Å². The molecule has 0 saturated heterocycles. The summed E-state index contributed by atoms with van der Waals surface area (Å²) in [6, 6.07) is 23.4. The molecule has 144 valence electrons. The van der Waals surface area contributed by atoms with Crippen molar-refractivity contribution < 1.29 is 14.4 Å². The van der Waals surface area contributed by atoms with Gasteiger partial charge in [0.15, 0.2) is 0 Å². The fraction of sp³-hybridized carbons (Fsp3) is 0.0870. The van der Waals surface area contributed by atoms with Gasteiger partial charge in [0.05, 0.1) is 17.2 Å². The largest absolute Gasteiger partial charge is 0.344 e. The molecule has 4 rings (SSSR count). The monoisotopic (exact) mass is 448 g/mol. The topological polar surface area (TPSA) is 66.5 Å². The van der Waals surface area contributed by atoms with Crippen LogP contribution in [0.4, 0.5) is 0 Å². The van der Waals surface area contributed by atoms with Crippen molar-refractivity contribution >= 4 is 33.7 Å². The maximum absolute atomic E-state index is 12.8. The highest BCUT2D eigenvalue weighted by atomic mass is 79.9. The Balaban J connectivity index is 1.56. The van der Waals surface area contributed by atoms with Gasteiger partial charge in [-0.15, -0.1) is 0 Å². The average molecular weight is 449 g/mol. The Bertz CT molecular complexity index is 1050. The van der Waals surface area contributed by atoms with E-state index in [9.17, 15) is 14.4 Å². The molecule has 1 N–H and O–H groups in total. The second-order valence-electron chi connectivity index (χ2n) is 6.70. The molecule has 1 unspecified atom stereocenters. The SMILES string of the molecule is O=C(CN1C(=O)c2ccccc2C1=O)NC(c1ccccc1)c1ccc(Br)cc1. The molecule has 0 fully saturated rings. The number of rotatable bonds is 5. The van der Waals surface area contributed by atoms with E-state index in [1.165, 1.54) is 0 Å². The first-order chi connectivity index (χ1) is 14.0. The number of amides is 3. The Labute approximate surface area is 176 Å². The lowest BCUT2D eigenvalue weighted by Crippen LogP contribution is -2.41. The third kappa shape index (κ3) is 3.84. The van der Waals surface area contributed by atoms with E-state index in [0.29, 0.717) is 11.1 Å². The predicted molar refractivity (Wildman–Crippen MR) is 112 cm³/mol. The van der Waals surface area contributed by atoms with Gasteiger partial charge in [-0.3, -0.25) is 19.3 Å². The number of carbonyl (C=O) groups is 3. The molecule has 1 atom stereocenters. The van der Waals surface area contributed by atoms with E-state index < -0.39 is 23.8 Å². The lowest BCUT2D eigenvalue weighted by Gasteiger charge is -2.22.